The van der Waals surface area contributed by atoms with Crippen LogP contribution in [0.3, 0.4) is 0 Å². The largest absolute Gasteiger partial charge is 0.395 e. The van der Waals surface area contributed by atoms with Crippen LogP contribution in [0.25, 0.3) is 10.9 Å². The predicted octanol–water partition coefficient (Wildman–Crippen LogP) is 3.63. The zero-order valence-corrected chi connectivity index (χ0v) is 14.0. The Morgan fingerprint density at radius 2 is 2.05 bits per heavy atom. The number of anilines is 1. The fourth-order valence-corrected chi connectivity index (χ4v) is 3.35. The van der Waals surface area contributed by atoms with E-state index in [4.69, 9.17) is 4.98 Å². The van der Waals surface area contributed by atoms with Gasteiger partial charge in [0.05, 0.1) is 12.1 Å². The molecule has 0 aliphatic rings. The van der Waals surface area contributed by atoms with Gasteiger partial charge in [-0.05, 0) is 38.2 Å². The van der Waals surface area contributed by atoms with E-state index in [0.717, 1.165) is 23.0 Å². The lowest BCUT2D eigenvalue weighted by Gasteiger charge is -2.25. The second kappa shape index (κ2) is 7.14. The summed E-state index contributed by atoms with van der Waals surface area (Å²) in [5.41, 5.74) is 4.53. The van der Waals surface area contributed by atoms with Crippen molar-refractivity contribution < 1.29 is 5.11 Å². The van der Waals surface area contributed by atoms with Crippen molar-refractivity contribution in [3.8, 4) is 0 Å². The predicted molar refractivity (Wildman–Crippen MR) is 93.3 cm³/mol. The SMILES string of the molecule is CCc1c(C)nc2ccccc2c1NC(C)C(CO)SC. The smallest absolute Gasteiger partial charge is 0.0726 e. The number of fused-ring (bicyclic) bond motifs is 1. The van der Waals surface area contributed by atoms with E-state index in [2.05, 4.69) is 38.2 Å². The average Bonchev–Trinajstić information content (AvgIpc) is 2.48. The minimum atomic E-state index is 0.179. The van der Waals surface area contributed by atoms with Gasteiger partial charge in [0.2, 0.25) is 0 Å². The topological polar surface area (TPSA) is 45.2 Å². The van der Waals surface area contributed by atoms with Gasteiger partial charge in [0.1, 0.15) is 0 Å². The number of aryl methyl sites for hydroxylation is 1. The van der Waals surface area contributed by atoms with Gasteiger partial charge in [-0.2, -0.15) is 11.8 Å². The molecule has 2 unspecified atom stereocenters. The first kappa shape index (κ1) is 16.1. The summed E-state index contributed by atoms with van der Waals surface area (Å²) in [6.07, 6.45) is 2.98. The van der Waals surface area contributed by atoms with Crippen molar-refractivity contribution in [1.82, 2.24) is 4.98 Å². The van der Waals surface area contributed by atoms with Gasteiger partial charge in [-0.1, -0.05) is 25.1 Å². The molecular weight excluding hydrogens is 280 g/mol. The molecule has 2 rings (SSSR count). The Labute approximate surface area is 131 Å². The molecule has 0 aliphatic heterocycles. The van der Waals surface area contributed by atoms with Crippen molar-refractivity contribution in [2.24, 2.45) is 0 Å². The molecule has 114 valence electrons. The van der Waals surface area contributed by atoms with E-state index in [1.807, 2.05) is 18.4 Å². The van der Waals surface area contributed by atoms with E-state index in [9.17, 15) is 5.11 Å². The molecule has 0 saturated carbocycles. The van der Waals surface area contributed by atoms with Crippen LogP contribution in [0.1, 0.15) is 25.1 Å². The molecule has 2 N–H and O–H groups in total. The van der Waals surface area contributed by atoms with E-state index in [1.54, 1.807) is 11.8 Å². The number of nitrogens with zero attached hydrogens (tertiary/aromatic N) is 1. The lowest BCUT2D eigenvalue weighted by atomic mass is 10.0. The molecule has 1 heterocycles. The van der Waals surface area contributed by atoms with E-state index in [0.29, 0.717) is 0 Å². The van der Waals surface area contributed by atoms with Crippen molar-refractivity contribution in [2.45, 2.75) is 38.5 Å². The molecule has 4 heteroatoms. The highest BCUT2D eigenvalue weighted by Crippen LogP contribution is 2.30. The number of hydrogen-bond donors (Lipinski definition) is 2. The van der Waals surface area contributed by atoms with Gasteiger partial charge in [-0.25, -0.2) is 0 Å². The number of hydrogen-bond acceptors (Lipinski definition) is 4. The summed E-state index contributed by atoms with van der Waals surface area (Å²) in [4.78, 5) is 4.70. The highest BCUT2D eigenvalue weighted by Gasteiger charge is 2.18. The van der Waals surface area contributed by atoms with Crippen LogP contribution >= 0.6 is 11.8 Å². The number of aliphatic hydroxyl groups excluding tert-OH is 1. The Balaban J connectivity index is 2.50. The molecule has 0 saturated heterocycles. The molecule has 0 fully saturated rings. The minimum absolute atomic E-state index is 0.179. The zero-order valence-electron chi connectivity index (χ0n) is 13.2. The Kier molecular flexibility index (Phi) is 5.48. The molecule has 1 aromatic carbocycles. The van der Waals surface area contributed by atoms with Gasteiger partial charge >= 0.3 is 0 Å². The molecular formula is C17H24N2OS. The van der Waals surface area contributed by atoms with Crippen LogP contribution in [0, 0.1) is 6.92 Å². The number of aromatic nitrogens is 1. The number of pyridine rings is 1. The number of aliphatic hydroxyl groups is 1. The summed E-state index contributed by atoms with van der Waals surface area (Å²) in [5, 5.41) is 14.5. The quantitative estimate of drug-likeness (QED) is 0.855. The summed E-state index contributed by atoms with van der Waals surface area (Å²) >= 11 is 1.69. The number of rotatable bonds is 6. The van der Waals surface area contributed by atoms with Crippen LogP contribution in [-0.4, -0.2) is 34.2 Å². The molecule has 21 heavy (non-hydrogen) atoms. The zero-order chi connectivity index (χ0) is 15.4. The third kappa shape index (κ3) is 3.33. The number of nitrogens with one attached hydrogen (secondary N) is 1. The fourth-order valence-electron chi connectivity index (χ4n) is 2.73. The van der Waals surface area contributed by atoms with Crippen LogP contribution in [0.5, 0.6) is 0 Å². The summed E-state index contributed by atoms with van der Waals surface area (Å²) in [6, 6.07) is 8.43. The maximum absolute atomic E-state index is 9.50. The monoisotopic (exact) mass is 304 g/mol. The molecule has 0 radical (unpaired) electrons. The summed E-state index contributed by atoms with van der Waals surface area (Å²) in [5.74, 6) is 0. The number of benzene rings is 1. The summed E-state index contributed by atoms with van der Waals surface area (Å²) in [7, 11) is 0. The van der Waals surface area contributed by atoms with Gasteiger partial charge in [-0.3, -0.25) is 4.98 Å². The third-order valence-corrected chi connectivity index (χ3v) is 5.13. The number of para-hydroxylation sites is 1. The summed E-state index contributed by atoms with van der Waals surface area (Å²) in [6.45, 7) is 6.53. The van der Waals surface area contributed by atoms with Crippen molar-refractivity contribution in [3.05, 3.63) is 35.5 Å². The molecule has 2 atom stereocenters. The van der Waals surface area contributed by atoms with Gasteiger partial charge < -0.3 is 10.4 Å². The van der Waals surface area contributed by atoms with Crippen LogP contribution in [0.4, 0.5) is 5.69 Å². The molecule has 0 bridgehead atoms. The maximum atomic E-state index is 9.50. The van der Waals surface area contributed by atoms with Crippen LogP contribution in [0.15, 0.2) is 24.3 Å². The first-order valence-electron chi connectivity index (χ1n) is 7.40. The van der Waals surface area contributed by atoms with Gasteiger partial charge in [0, 0.05) is 28.1 Å². The van der Waals surface area contributed by atoms with Crippen LogP contribution < -0.4 is 5.32 Å². The molecule has 0 amide bonds. The van der Waals surface area contributed by atoms with Crippen LogP contribution in [-0.2, 0) is 6.42 Å². The van der Waals surface area contributed by atoms with E-state index >= 15 is 0 Å². The average molecular weight is 304 g/mol. The normalized spacial score (nSPS) is 14.1. The first-order chi connectivity index (χ1) is 10.1. The first-order valence-corrected chi connectivity index (χ1v) is 8.69. The second-order valence-electron chi connectivity index (χ2n) is 5.31. The van der Waals surface area contributed by atoms with E-state index < -0.39 is 0 Å². The van der Waals surface area contributed by atoms with Crippen molar-refractivity contribution in [1.29, 1.82) is 0 Å². The van der Waals surface area contributed by atoms with Crippen molar-refractivity contribution in [3.63, 3.8) is 0 Å². The Bertz CT molecular complexity index is 611. The molecule has 1 aromatic heterocycles. The molecule has 3 nitrogen and oxygen atoms in total. The lowest BCUT2D eigenvalue weighted by Crippen LogP contribution is -2.31. The summed E-state index contributed by atoms with van der Waals surface area (Å²) < 4.78 is 0. The highest BCUT2D eigenvalue weighted by atomic mass is 32.2. The number of thioether (sulfide) groups is 1. The minimum Gasteiger partial charge on any atom is -0.395 e. The van der Waals surface area contributed by atoms with Gasteiger partial charge in [-0.15, -0.1) is 0 Å². The third-order valence-electron chi connectivity index (χ3n) is 3.97. The Hall–Kier alpha value is -1.26. The van der Waals surface area contributed by atoms with Crippen molar-refractivity contribution >= 4 is 28.4 Å². The standard InChI is InChI=1S/C17H24N2OS/c1-5-13-11(2)18-15-9-7-6-8-14(15)17(13)19-12(3)16(10-20)21-4/h6-9,12,16,20H,5,10H2,1-4H3,(H,18,19). The molecule has 0 spiro atoms. The lowest BCUT2D eigenvalue weighted by molar-refractivity contribution is 0.288. The van der Waals surface area contributed by atoms with Crippen molar-refractivity contribution in [2.75, 3.05) is 18.2 Å². The van der Waals surface area contributed by atoms with E-state index in [1.165, 1.54) is 11.3 Å². The van der Waals surface area contributed by atoms with Gasteiger partial charge in [0.15, 0.2) is 0 Å². The van der Waals surface area contributed by atoms with E-state index in [-0.39, 0.29) is 17.9 Å². The van der Waals surface area contributed by atoms with Crippen LogP contribution in [0.2, 0.25) is 0 Å². The Morgan fingerprint density at radius 1 is 1.33 bits per heavy atom. The van der Waals surface area contributed by atoms with Gasteiger partial charge in [0.25, 0.3) is 0 Å². The Morgan fingerprint density at radius 3 is 2.67 bits per heavy atom. The molecule has 0 aliphatic carbocycles. The maximum Gasteiger partial charge on any atom is 0.0726 e. The second-order valence-corrected chi connectivity index (χ2v) is 6.39. The fraction of sp³-hybridized carbons (Fsp3) is 0.471. The molecule has 2 aromatic rings. The highest BCUT2D eigenvalue weighted by molar-refractivity contribution is 7.99.